The molecule has 0 amide bonds. The van der Waals surface area contributed by atoms with Crippen molar-refractivity contribution >= 4 is 5.97 Å². The van der Waals surface area contributed by atoms with Crippen LogP contribution in [0.15, 0.2) is 23.8 Å². The van der Waals surface area contributed by atoms with Crippen molar-refractivity contribution in [2.24, 2.45) is 28.1 Å². The molecule has 3 nitrogen and oxygen atoms in total. The fourth-order valence-electron chi connectivity index (χ4n) is 7.20. The molecular weight excluding hydrogens is 312 g/mol. The van der Waals surface area contributed by atoms with Gasteiger partial charge in [0.05, 0.1) is 11.5 Å². The Morgan fingerprint density at radius 3 is 2.80 bits per heavy atom. The topological polar surface area (TPSA) is 46.5 Å². The fourth-order valence-corrected chi connectivity index (χ4v) is 7.20. The van der Waals surface area contributed by atoms with Gasteiger partial charge in [-0.25, -0.2) is 0 Å². The maximum atomic E-state index is 12.2. The first-order valence-corrected chi connectivity index (χ1v) is 10.0. The van der Waals surface area contributed by atoms with Crippen LogP contribution in [-0.4, -0.2) is 23.8 Å². The van der Waals surface area contributed by atoms with Crippen molar-refractivity contribution in [1.29, 1.82) is 0 Å². The lowest BCUT2D eigenvalue weighted by molar-refractivity contribution is -0.161. The van der Waals surface area contributed by atoms with Crippen molar-refractivity contribution < 1.29 is 14.6 Å². The molecule has 1 N–H and O–H groups in total. The van der Waals surface area contributed by atoms with Crippen molar-refractivity contribution in [2.45, 2.75) is 71.8 Å². The lowest BCUT2D eigenvalue weighted by atomic mass is 9.44. The summed E-state index contributed by atoms with van der Waals surface area (Å²) < 4.78 is 6.10. The summed E-state index contributed by atoms with van der Waals surface area (Å²) in [4.78, 5) is 12.2. The highest BCUT2D eigenvalue weighted by molar-refractivity contribution is 5.75. The van der Waals surface area contributed by atoms with Crippen molar-refractivity contribution in [3.8, 4) is 0 Å². The Labute approximate surface area is 151 Å². The molecule has 0 aliphatic heterocycles. The highest BCUT2D eigenvalue weighted by Crippen LogP contribution is 2.70. The minimum atomic E-state index is -0.606. The molecule has 0 heterocycles. The summed E-state index contributed by atoms with van der Waals surface area (Å²) in [5.74, 6) is 0.0833. The van der Waals surface area contributed by atoms with Gasteiger partial charge in [0.15, 0.2) is 0 Å². The molecule has 4 rings (SSSR count). The summed E-state index contributed by atoms with van der Waals surface area (Å²) >= 11 is 0. The first kappa shape index (κ1) is 17.3. The number of carboxylic acid groups (broad SMARTS) is 1. The summed E-state index contributed by atoms with van der Waals surface area (Å²) in [6.07, 6.45) is 9.89. The smallest absolute Gasteiger partial charge is 0.309 e. The first-order valence-electron chi connectivity index (χ1n) is 10.0. The summed E-state index contributed by atoms with van der Waals surface area (Å²) in [5.41, 5.74) is 2.51. The third-order valence-corrected chi connectivity index (χ3v) is 8.30. The van der Waals surface area contributed by atoms with Crippen LogP contribution in [0.5, 0.6) is 0 Å². The van der Waals surface area contributed by atoms with Crippen LogP contribution < -0.4 is 0 Å². The van der Waals surface area contributed by atoms with E-state index >= 15 is 0 Å². The van der Waals surface area contributed by atoms with E-state index in [0.29, 0.717) is 5.92 Å². The monoisotopic (exact) mass is 344 g/mol. The van der Waals surface area contributed by atoms with Gasteiger partial charge < -0.3 is 9.84 Å². The zero-order valence-electron chi connectivity index (χ0n) is 15.9. The highest BCUT2D eigenvalue weighted by Gasteiger charge is 2.63. The second-order valence-corrected chi connectivity index (χ2v) is 9.51. The van der Waals surface area contributed by atoms with Crippen LogP contribution in [-0.2, 0) is 9.53 Å². The first-order chi connectivity index (χ1) is 11.8. The molecule has 4 aliphatic carbocycles. The van der Waals surface area contributed by atoms with Gasteiger partial charge in [0, 0.05) is 12.5 Å². The molecule has 25 heavy (non-hydrogen) atoms. The van der Waals surface area contributed by atoms with Crippen LogP contribution >= 0.6 is 0 Å². The minimum absolute atomic E-state index is 0.00538. The standard InChI is InChI=1S/C22H32O3/c1-5-25-16-11-18-20(3)8-6-9-21(4,19(23)24)17(20)7-10-22(18)12-14(2)15(16)13-22/h11,15-17H,2,5-10,12-13H2,1,3-4H3,(H,23,24)/t15-,16-,17+,20-,21-,22-/m1/s1. The number of fused-ring (bicyclic) bond motifs is 3. The van der Waals surface area contributed by atoms with Crippen molar-refractivity contribution in [2.75, 3.05) is 6.61 Å². The third-order valence-electron chi connectivity index (χ3n) is 8.30. The Balaban J connectivity index is 1.81. The fraction of sp³-hybridized carbons (Fsp3) is 0.773. The van der Waals surface area contributed by atoms with E-state index in [0.717, 1.165) is 51.6 Å². The van der Waals surface area contributed by atoms with Gasteiger partial charge in [0.1, 0.15) is 0 Å². The molecule has 0 aromatic carbocycles. The van der Waals surface area contributed by atoms with Crippen molar-refractivity contribution in [3.05, 3.63) is 23.8 Å². The summed E-state index contributed by atoms with van der Waals surface area (Å²) in [6.45, 7) is 11.5. The molecule has 1 spiro atoms. The average molecular weight is 344 g/mol. The Kier molecular flexibility index (Phi) is 3.78. The molecule has 0 aromatic rings. The number of rotatable bonds is 3. The molecule has 6 atom stereocenters. The van der Waals surface area contributed by atoms with Gasteiger partial charge in [-0.3, -0.25) is 4.79 Å². The van der Waals surface area contributed by atoms with E-state index in [1.54, 1.807) is 0 Å². The molecule has 3 fully saturated rings. The number of carbonyl (C=O) groups is 1. The van der Waals surface area contributed by atoms with E-state index in [1.165, 1.54) is 11.1 Å². The van der Waals surface area contributed by atoms with E-state index < -0.39 is 11.4 Å². The van der Waals surface area contributed by atoms with Gasteiger partial charge in [0.2, 0.25) is 0 Å². The summed E-state index contributed by atoms with van der Waals surface area (Å²) in [7, 11) is 0. The zero-order valence-corrected chi connectivity index (χ0v) is 15.9. The van der Waals surface area contributed by atoms with Gasteiger partial charge in [0.25, 0.3) is 0 Å². The normalized spacial score (nSPS) is 48.5. The summed E-state index contributed by atoms with van der Waals surface area (Å²) in [5, 5.41) is 10.00. The van der Waals surface area contributed by atoms with Crippen LogP contribution in [0.1, 0.15) is 65.7 Å². The largest absolute Gasteiger partial charge is 0.481 e. The second-order valence-electron chi connectivity index (χ2n) is 9.51. The van der Waals surface area contributed by atoms with Gasteiger partial charge in [-0.2, -0.15) is 0 Å². The van der Waals surface area contributed by atoms with Crippen LogP contribution in [0.2, 0.25) is 0 Å². The lowest BCUT2D eigenvalue weighted by Gasteiger charge is -2.60. The highest BCUT2D eigenvalue weighted by atomic mass is 16.5. The average Bonchev–Trinajstić information content (AvgIpc) is 2.81. The minimum Gasteiger partial charge on any atom is -0.481 e. The van der Waals surface area contributed by atoms with Crippen molar-refractivity contribution in [3.63, 3.8) is 0 Å². The number of ether oxygens (including phenoxy) is 1. The predicted molar refractivity (Wildman–Crippen MR) is 98.2 cm³/mol. The van der Waals surface area contributed by atoms with Crippen LogP contribution in [0.3, 0.4) is 0 Å². The SMILES string of the molecule is C=C1C[C@@]23CC[C@@H]4[C@](C)(C(=O)O)CCC[C@@]4(C)C2=C[C@@H](OCC)[C@@H]1C3. The Morgan fingerprint density at radius 1 is 1.36 bits per heavy atom. The van der Waals surface area contributed by atoms with E-state index in [4.69, 9.17) is 4.74 Å². The number of carboxylic acids is 1. The number of allylic oxidation sites excluding steroid dienone is 1. The molecule has 0 unspecified atom stereocenters. The van der Waals surface area contributed by atoms with E-state index in [9.17, 15) is 9.90 Å². The molecule has 0 saturated heterocycles. The van der Waals surface area contributed by atoms with E-state index in [-0.39, 0.29) is 22.9 Å². The quantitative estimate of drug-likeness (QED) is 0.735. The van der Waals surface area contributed by atoms with Gasteiger partial charge in [-0.05, 0) is 69.1 Å². The molecule has 0 radical (unpaired) electrons. The number of aliphatic carboxylic acids is 1. The van der Waals surface area contributed by atoms with Crippen LogP contribution in [0, 0.1) is 28.1 Å². The molecule has 2 bridgehead atoms. The maximum absolute atomic E-state index is 12.2. The molecular formula is C22H32O3. The number of hydrogen-bond acceptors (Lipinski definition) is 2. The van der Waals surface area contributed by atoms with Gasteiger partial charge >= 0.3 is 5.97 Å². The van der Waals surface area contributed by atoms with E-state index in [2.05, 4.69) is 26.5 Å². The third kappa shape index (κ3) is 2.17. The Hall–Kier alpha value is -1.09. The van der Waals surface area contributed by atoms with Gasteiger partial charge in [-0.15, -0.1) is 0 Å². The maximum Gasteiger partial charge on any atom is 0.309 e. The summed E-state index contributed by atoms with van der Waals surface area (Å²) in [6, 6.07) is 0. The molecule has 3 heteroatoms. The zero-order chi connectivity index (χ0) is 18.0. The number of hydrogen-bond donors (Lipinski definition) is 1. The Bertz CT molecular complexity index is 650. The molecule has 138 valence electrons. The van der Waals surface area contributed by atoms with Crippen molar-refractivity contribution in [1.82, 2.24) is 0 Å². The van der Waals surface area contributed by atoms with Gasteiger partial charge in [-0.1, -0.05) is 37.1 Å². The van der Waals surface area contributed by atoms with Crippen LogP contribution in [0.25, 0.3) is 0 Å². The predicted octanol–water partition coefficient (Wildman–Crippen LogP) is 4.98. The molecule has 4 aliphatic rings. The molecule has 0 aromatic heterocycles. The Morgan fingerprint density at radius 2 is 2.12 bits per heavy atom. The van der Waals surface area contributed by atoms with Crippen LogP contribution in [0.4, 0.5) is 0 Å². The lowest BCUT2D eigenvalue weighted by Crippen LogP contribution is -2.55. The van der Waals surface area contributed by atoms with E-state index in [1.807, 2.05) is 6.92 Å². The second kappa shape index (κ2) is 5.45. The molecule has 3 saturated carbocycles.